The fraction of sp³-hybridized carbons (Fsp3) is 0.294. The standard InChI is InChI=1S/C17H15N3O4S/c21-15-14-11-3-1-2-4-12(11)25-16(14)19-13(18-15)9-24-17(22)10-5-7-20(23)8-6-10/h5-8H,1-4,9H2,(H,18,19,21). The van der Waals surface area contributed by atoms with E-state index in [0.29, 0.717) is 20.8 Å². The highest BCUT2D eigenvalue weighted by molar-refractivity contribution is 7.18. The summed E-state index contributed by atoms with van der Waals surface area (Å²) in [6.07, 6.45) is 6.59. The van der Waals surface area contributed by atoms with Crippen LogP contribution in [0.4, 0.5) is 0 Å². The molecule has 0 unspecified atom stereocenters. The zero-order chi connectivity index (χ0) is 17.4. The Hall–Kier alpha value is -2.74. The SMILES string of the molecule is O=C(OCc1nc2sc3c(c2c(=O)[nH]1)CCCC3)c1cc[n+]([O-])cc1. The maximum absolute atomic E-state index is 12.4. The minimum atomic E-state index is -0.575. The summed E-state index contributed by atoms with van der Waals surface area (Å²) in [6, 6.07) is 2.75. The minimum Gasteiger partial charge on any atom is -0.619 e. The topological polar surface area (TPSA) is 99.0 Å². The molecule has 3 aromatic heterocycles. The molecule has 0 amide bonds. The number of hydrogen-bond acceptors (Lipinski definition) is 6. The van der Waals surface area contributed by atoms with Crippen molar-refractivity contribution in [1.82, 2.24) is 9.97 Å². The van der Waals surface area contributed by atoms with Crippen LogP contribution < -0.4 is 10.3 Å². The van der Waals surface area contributed by atoms with Gasteiger partial charge in [0.2, 0.25) is 0 Å². The van der Waals surface area contributed by atoms with Gasteiger partial charge >= 0.3 is 5.97 Å². The number of esters is 1. The first-order valence-corrected chi connectivity index (χ1v) is 8.83. The number of hydrogen-bond donors (Lipinski definition) is 1. The van der Waals surface area contributed by atoms with E-state index in [1.807, 2.05) is 0 Å². The molecule has 1 aliphatic rings. The Kier molecular flexibility index (Phi) is 3.96. The number of carbonyl (C=O) groups excluding carboxylic acids is 1. The molecule has 1 N–H and O–H groups in total. The van der Waals surface area contributed by atoms with Crippen LogP contribution in [0.1, 0.15) is 39.5 Å². The van der Waals surface area contributed by atoms with Crippen molar-refractivity contribution >= 4 is 27.5 Å². The molecule has 8 heteroatoms. The monoisotopic (exact) mass is 357 g/mol. The lowest BCUT2D eigenvalue weighted by Crippen LogP contribution is -2.24. The van der Waals surface area contributed by atoms with Gasteiger partial charge in [-0.25, -0.2) is 9.78 Å². The zero-order valence-electron chi connectivity index (χ0n) is 13.3. The van der Waals surface area contributed by atoms with E-state index in [0.717, 1.165) is 31.2 Å². The molecule has 4 rings (SSSR count). The van der Waals surface area contributed by atoms with Crippen molar-refractivity contribution in [2.24, 2.45) is 0 Å². The highest BCUT2D eigenvalue weighted by Crippen LogP contribution is 2.33. The lowest BCUT2D eigenvalue weighted by atomic mass is 9.97. The van der Waals surface area contributed by atoms with E-state index in [2.05, 4.69) is 9.97 Å². The van der Waals surface area contributed by atoms with Gasteiger partial charge in [-0.3, -0.25) is 4.79 Å². The van der Waals surface area contributed by atoms with Crippen LogP contribution in [0.15, 0.2) is 29.3 Å². The van der Waals surface area contributed by atoms with Crippen molar-refractivity contribution < 1.29 is 14.3 Å². The number of rotatable bonds is 3. The van der Waals surface area contributed by atoms with Gasteiger partial charge in [-0.05, 0) is 31.2 Å². The first kappa shape index (κ1) is 15.8. The van der Waals surface area contributed by atoms with E-state index in [1.54, 1.807) is 11.3 Å². The van der Waals surface area contributed by atoms with E-state index in [1.165, 1.54) is 29.4 Å². The molecule has 0 saturated heterocycles. The molecule has 1 aliphatic carbocycles. The van der Waals surface area contributed by atoms with Crippen LogP contribution in [0, 0.1) is 5.21 Å². The fourth-order valence-corrected chi connectivity index (χ4v) is 4.32. The van der Waals surface area contributed by atoms with Gasteiger partial charge in [0.1, 0.15) is 17.3 Å². The molecular weight excluding hydrogens is 342 g/mol. The summed E-state index contributed by atoms with van der Waals surface area (Å²) in [5, 5.41) is 11.7. The maximum Gasteiger partial charge on any atom is 0.339 e. The van der Waals surface area contributed by atoms with Crippen molar-refractivity contribution in [3.8, 4) is 0 Å². The molecule has 0 bridgehead atoms. The largest absolute Gasteiger partial charge is 0.619 e. The fourth-order valence-electron chi connectivity index (χ4n) is 3.04. The highest BCUT2D eigenvalue weighted by Gasteiger charge is 2.20. The van der Waals surface area contributed by atoms with Crippen molar-refractivity contribution in [2.75, 3.05) is 0 Å². The van der Waals surface area contributed by atoms with Crippen molar-refractivity contribution in [2.45, 2.75) is 32.3 Å². The predicted molar refractivity (Wildman–Crippen MR) is 91.4 cm³/mol. The molecule has 0 aromatic carbocycles. The number of aromatic amines is 1. The number of thiophene rings is 1. The molecule has 0 saturated carbocycles. The number of aryl methyl sites for hydroxylation is 2. The van der Waals surface area contributed by atoms with E-state index in [9.17, 15) is 14.8 Å². The van der Waals surface area contributed by atoms with E-state index in [4.69, 9.17) is 4.74 Å². The van der Waals surface area contributed by atoms with Gasteiger partial charge in [0.15, 0.2) is 12.4 Å². The van der Waals surface area contributed by atoms with Crippen LogP contribution in [-0.4, -0.2) is 15.9 Å². The molecule has 7 nitrogen and oxygen atoms in total. The van der Waals surface area contributed by atoms with Gasteiger partial charge in [-0.1, -0.05) is 0 Å². The number of H-pyrrole nitrogens is 1. The Morgan fingerprint density at radius 1 is 1.32 bits per heavy atom. The molecule has 3 heterocycles. The lowest BCUT2D eigenvalue weighted by Gasteiger charge is -2.09. The molecule has 0 aliphatic heterocycles. The first-order chi connectivity index (χ1) is 12.1. The van der Waals surface area contributed by atoms with E-state index >= 15 is 0 Å². The molecule has 3 aromatic rings. The summed E-state index contributed by atoms with van der Waals surface area (Å²) in [4.78, 5) is 33.5. The second kappa shape index (κ2) is 6.29. The van der Waals surface area contributed by atoms with Gasteiger partial charge in [0.25, 0.3) is 5.56 Å². The zero-order valence-corrected chi connectivity index (χ0v) is 14.1. The normalized spacial score (nSPS) is 13.6. The Morgan fingerprint density at radius 3 is 2.88 bits per heavy atom. The number of nitrogens with one attached hydrogen (secondary N) is 1. The number of nitrogens with zero attached hydrogens (tertiary/aromatic N) is 2. The van der Waals surface area contributed by atoms with Crippen LogP contribution >= 0.6 is 11.3 Å². The smallest absolute Gasteiger partial charge is 0.339 e. The second-order valence-electron chi connectivity index (χ2n) is 5.93. The van der Waals surface area contributed by atoms with Gasteiger partial charge in [-0.2, -0.15) is 4.73 Å². The van der Waals surface area contributed by atoms with Crippen LogP contribution in [0.3, 0.4) is 0 Å². The molecule has 0 fully saturated rings. The van der Waals surface area contributed by atoms with Crippen molar-refractivity contribution in [3.05, 3.63) is 61.9 Å². The summed E-state index contributed by atoms with van der Waals surface area (Å²) in [6.45, 7) is -0.126. The Labute approximate surface area is 146 Å². The maximum atomic E-state index is 12.4. The number of fused-ring (bicyclic) bond motifs is 3. The van der Waals surface area contributed by atoms with Gasteiger partial charge in [-0.15, -0.1) is 11.3 Å². The van der Waals surface area contributed by atoms with Gasteiger partial charge in [0.05, 0.1) is 10.9 Å². The average Bonchev–Trinajstić information content (AvgIpc) is 2.99. The third kappa shape index (κ3) is 3.00. The van der Waals surface area contributed by atoms with Gasteiger partial charge in [0, 0.05) is 17.0 Å². The predicted octanol–water partition coefficient (Wildman–Crippen LogP) is 1.85. The summed E-state index contributed by atoms with van der Waals surface area (Å²) in [5.74, 6) is -0.256. The molecule has 128 valence electrons. The molecule has 0 radical (unpaired) electrons. The Morgan fingerprint density at radius 2 is 2.08 bits per heavy atom. The average molecular weight is 357 g/mol. The summed E-state index contributed by atoms with van der Waals surface area (Å²) < 4.78 is 5.77. The number of carbonyl (C=O) groups is 1. The number of aromatic nitrogens is 3. The minimum absolute atomic E-state index is 0.126. The third-order valence-corrected chi connectivity index (χ3v) is 5.44. The van der Waals surface area contributed by atoms with Gasteiger partial charge < -0.3 is 14.9 Å². The van der Waals surface area contributed by atoms with Crippen LogP contribution in [0.25, 0.3) is 10.2 Å². The van der Waals surface area contributed by atoms with Crippen molar-refractivity contribution in [1.29, 1.82) is 0 Å². The van der Waals surface area contributed by atoms with E-state index < -0.39 is 5.97 Å². The lowest BCUT2D eigenvalue weighted by molar-refractivity contribution is -0.605. The van der Waals surface area contributed by atoms with E-state index in [-0.39, 0.29) is 17.7 Å². The second-order valence-corrected chi connectivity index (χ2v) is 7.01. The Bertz CT molecular complexity index is 1010. The Balaban J connectivity index is 1.57. The third-order valence-electron chi connectivity index (χ3n) is 4.25. The molecule has 0 spiro atoms. The molecule has 0 atom stereocenters. The van der Waals surface area contributed by atoms with Crippen LogP contribution in [-0.2, 0) is 24.2 Å². The number of ether oxygens (including phenoxy) is 1. The first-order valence-electron chi connectivity index (χ1n) is 8.01. The summed E-state index contributed by atoms with van der Waals surface area (Å²) in [5.41, 5.74) is 1.21. The molecule has 25 heavy (non-hydrogen) atoms. The summed E-state index contributed by atoms with van der Waals surface area (Å²) in [7, 11) is 0. The van der Waals surface area contributed by atoms with Crippen LogP contribution in [0.5, 0.6) is 0 Å². The highest BCUT2D eigenvalue weighted by atomic mass is 32.1. The number of pyridine rings is 1. The summed E-state index contributed by atoms with van der Waals surface area (Å²) >= 11 is 1.55. The molecular formula is C17H15N3O4S. The van der Waals surface area contributed by atoms with Crippen molar-refractivity contribution in [3.63, 3.8) is 0 Å². The van der Waals surface area contributed by atoms with Crippen LogP contribution in [0.2, 0.25) is 0 Å². The quantitative estimate of drug-likeness (QED) is 0.438.